The molecule has 43 heavy (non-hydrogen) atoms. The molecule has 0 saturated carbocycles. The van der Waals surface area contributed by atoms with Crippen molar-refractivity contribution in [1.29, 1.82) is 0 Å². The molecular formula is C40H26N2O. The number of furan rings is 1. The van der Waals surface area contributed by atoms with E-state index in [1.54, 1.807) is 0 Å². The molecule has 10 rings (SSSR count). The second-order valence-corrected chi connectivity index (χ2v) is 11.7. The third-order valence-corrected chi connectivity index (χ3v) is 9.46. The number of nitrogens with zero attached hydrogens (tertiary/aromatic N) is 2. The van der Waals surface area contributed by atoms with Crippen LogP contribution in [-0.4, -0.2) is 10.6 Å². The van der Waals surface area contributed by atoms with Crippen molar-refractivity contribution in [2.45, 2.75) is 12.0 Å². The molecule has 2 aromatic heterocycles. The van der Waals surface area contributed by atoms with Gasteiger partial charge in [0, 0.05) is 33.2 Å². The summed E-state index contributed by atoms with van der Waals surface area (Å²) in [4.78, 5) is 2.54. The first kappa shape index (κ1) is 23.1. The van der Waals surface area contributed by atoms with Crippen molar-refractivity contribution >= 4 is 65.9 Å². The number of allylic oxidation sites excluding steroid dienone is 2. The van der Waals surface area contributed by atoms with Gasteiger partial charge in [0.25, 0.3) is 0 Å². The molecule has 202 valence electrons. The number of hydrogen-bond acceptors (Lipinski definition) is 2. The minimum atomic E-state index is 0.217. The van der Waals surface area contributed by atoms with E-state index >= 15 is 0 Å². The van der Waals surface area contributed by atoms with Crippen LogP contribution >= 0.6 is 0 Å². The van der Waals surface area contributed by atoms with Crippen LogP contribution in [-0.2, 0) is 0 Å². The van der Waals surface area contributed by atoms with Gasteiger partial charge in [-0.05, 0) is 52.7 Å². The van der Waals surface area contributed by atoms with E-state index in [1.807, 2.05) is 0 Å². The molecule has 2 aliphatic rings. The SMILES string of the molecule is C1=CC2c3ccc4c5ccccc5n(-c5cccc6c5oc5cc7ccccc7cc56)c4c3N(c3ccccc3)C2C=C1. The van der Waals surface area contributed by atoms with E-state index in [-0.39, 0.29) is 12.0 Å². The lowest BCUT2D eigenvalue weighted by Gasteiger charge is -2.29. The van der Waals surface area contributed by atoms with Crippen LogP contribution in [0.15, 0.2) is 150 Å². The summed E-state index contributed by atoms with van der Waals surface area (Å²) in [5.74, 6) is 0.283. The molecule has 2 atom stereocenters. The molecule has 3 heterocycles. The van der Waals surface area contributed by atoms with Gasteiger partial charge in [0.1, 0.15) is 5.58 Å². The first-order valence-electron chi connectivity index (χ1n) is 14.9. The van der Waals surface area contributed by atoms with Crippen LogP contribution in [0, 0.1) is 0 Å². The van der Waals surface area contributed by atoms with Crippen LogP contribution in [0.4, 0.5) is 11.4 Å². The molecule has 0 N–H and O–H groups in total. The van der Waals surface area contributed by atoms with E-state index in [0.29, 0.717) is 0 Å². The fourth-order valence-corrected chi connectivity index (χ4v) is 7.64. The highest BCUT2D eigenvalue weighted by molar-refractivity contribution is 6.17. The van der Waals surface area contributed by atoms with Crippen molar-refractivity contribution in [1.82, 2.24) is 4.57 Å². The molecular weight excluding hydrogens is 524 g/mol. The molecule has 0 radical (unpaired) electrons. The van der Waals surface area contributed by atoms with E-state index < -0.39 is 0 Å². The Morgan fingerprint density at radius 2 is 1.35 bits per heavy atom. The van der Waals surface area contributed by atoms with Crippen LogP contribution in [0.1, 0.15) is 11.5 Å². The first-order chi connectivity index (χ1) is 21.3. The predicted octanol–water partition coefficient (Wildman–Crippen LogP) is 10.6. The Morgan fingerprint density at radius 1 is 0.581 bits per heavy atom. The smallest absolute Gasteiger partial charge is 0.159 e. The summed E-state index contributed by atoms with van der Waals surface area (Å²) in [6.07, 6.45) is 9.09. The molecule has 0 saturated heterocycles. The topological polar surface area (TPSA) is 21.3 Å². The van der Waals surface area contributed by atoms with Crippen molar-refractivity contribution in [3.8, 4) is 5.69 Å². The molecule has 3 heteroatoms. The van der Waals surface area contributed by atoms with Crippen molar-refractivity contribution in [3.05, 3.63) is 151 Å². The Morgan fingerprint density at radius 3 is 2.26 bits per heavy atom. The number of fused-ring (bicyclic) bond motifs is 11. The minimum absolute atomic E-state index is 0.217. The Labute approximate surface area is 248 Å². The third-order valence-electron chi connectivity index (χ3n) is 9.46. The molecule has 0 bridgehead atoms. The summed E-state index contributed by atoms with van der Waals surface area (Å²) in [6, 6.07) is 44.0. The second-order valence-electron chi connectivity index (χ2n) is 11.7. The molecule has 1 aliphatic heterocycles. The molecule has 0 amide bonds. The van der Waals surface area contributed by atoms with E-state index in [9.17, 15) is 0 Å². The lowest BCUT2D eigenvalue weighted by Crippen LogP contribution is -2.28. The largest absolute Gasteiger partial charge is 0.454 e. The highest BCUT2D eigenvalue weighted by Crippen LogP contribution is 2.53. The maximum absolute atomic E-state index is 6.78. The second kappa shape index (κ2) is 8.50. The standard InChI is InChI=1S/C40H26N2O/c1-2-13-27(14-3-1)41-34-18-8-6-15-28(34)30-21-22-31-29-16-7-9-19-35(29)42(39(31)38(30)41)36-20-10-17-32-33-23-25-11-4-5-12-26(25)24-37(33)43-40(32)36/h1-24,28,34H. The Bertz CT molecular complexity index is 2480. The molecule has 2 unspecified atom stereocenters. The summed E-state index contributed by atoms with van der Waals surface area (Å²) >= 11 is 0. The van der Waals surface area contributed by atoms with Gasteiger partial charge in [-0.15, -0.1) is 0 Å². The zero-order chi connectivity index (χ0) is 28.1. The van der Waals surface area contributed by atoms with E-state index in [2.05, 4.69) is 155 Å². The minimum Gasteiger partial charge on any atom is -0.454 e. The van der Waals surface area contributed by atoms with E-state index in [1.165, 1.54) is 49.5 Å². The zero-order valence-electron chi connectivity index (χ0n) is 23.3. The Balaban J connectivity index is 1.36. The third kappa shape index (κ3) is 3.09. The molecule has 8 aromatic rings. The normalized spacial score (nSPS) is 17.5. The molecule has 3 nitrogen and oxygen atoms in total. The summed E-state index contributed by atoms with van der Waals surface area (Å²) < 4.78 is 9.23. The lowest BCUT2D eigenvalue weighted by molar-refractivity contribution is 0.667. The van der Waals surface area contributed by atoms with Gasteiger partial charge < -0.3 is 13.9 Å². The Hall–Kier alpha value is -5.54. The average molecular weight is 551 g/mol. The van der Waals surface area contributed by atoms with Gasteiger partial charge in [-0.2, -0.15) is 0 Å². The van der Waals surface area contributed by atoms with E-state index in [0.717, 1.165) is 27.6 Å². The Kier molecular flexibility index (Phi) is 4.56. The van der Waals surface area contributed by atoms with Crippen LogP contribution < -0.4 is 4.90 Å². The van der Waals surface area contributed by atoms with Gasteiger partial charge in [-0.3, -0.25) is 0 Å². The lowest BCUT2D eigenvalue weighted by atomic mass is 9.91. The fraction of sp³-hybridized carbons (Fsp3) is 0.0500. The van der Waals surface area contributed by atoms with Crippen LogP contribution in [0.5, 0.6) is 0 Å². The number of anilines is 2. The molecule has 6 aromatic carbocycles. The van der Waals surface area contributed by atoms with Gasteiger partial charge in [-0.25, -0.2) is 0 Å². The van der Waals surface area contributed by atoms with Gasteiger partial charge in [0.15, 0.2) is 5.58 Å². The maximum atomic E-state index is 6.78. The average Bonchev–Trinajstić information content (AvgIpc) is 3.71. The van der Waals surface area contributed by atoms with Gasteiger partial charge >= 0.3 is 0 Å². The summed E-state index contributed by atoms with van der Waals surface area (Å²) in [5, 5.41) is 7.19. The van der Waals surface area contributed by atoms with Crippen LogP contribution in [0.3, 0.4) is 0 Å². The van der Waals surface area contributed by atoms with Crippen molar-refractivity contribution in [3.63, 3.8) is 0 Å². The number of rotatable bonds is 2. The zero-order valence-corrected chi connectivity index (χ0v) is 23.3. The molecule has 1 aliphatic carbocycles. The summed E-state index contributed by atoms with van der Waals surface area (Å²) in [7, 11) is 0. The van der Waals surface area contributed by atoms with Crippen molar-refractivity contribution in [2.75, 3.05) is 4.90 Å². The number of benzene rings is 6. The van der Waals surface area contributed by atoms with Gasteiger partial charge in [-0.1, -0.05) is 109 Å². The summed E-state index contributed by atoms with van der Waals surface area (Å²) in [5.41, 5.74) is 9.11. The number of hydrogen-bond donors (Lipinski definition) is 0. The first-order valence-corrected chi connectivity index (χ1v) is 14.9. The maximum Gasteiger partial charge on any atom is 0.159 e. The quantitative estimate of drug-likeness (QED) is 0.213. The fourth-order valence-electron chi connectivity index (χ4n) is 7.64. The monoisotopic (exact) mass is 550 g/mol. The predicted molar refractivity (Wildman–Crippen MR) is 179 cm³/mol. The van der Waals surface area contributed by atoms with Gasteiger partial charge in [0.05, 0.1) is 28.5 Å². The van der Waals surface area contributed by atoms with Crippen LogP contribution in [0.25, 0.3) is 60.2 Å². The highest BCUT2D eigenvalue weighted by atomic mass is 16.3. The van der Waals surface area contributed by atoms with Crippen molar-refractivity contribution < 1.29 is 4.42 Å². The highest BCUT2D eigenvalue weighted by Gasteiger charge is 2.40. The van der Waals surface area contributed by atoms with E-state index in [4.69, 9.17) is 4.42 Å². The van der Waals surface area contributed by atoms with Gasteiger partial charge in [0.2, 0.25) is 0 Å². The summed E-state index contributed by atoms with van der Waals surface area (Å²) in [6.45, 7) is 0. The molecule has 0 fully saturated rings. The molecule has 0 spiro atoms. The van der Waals surface area contributed by atoms with Crippen molar-refractivity contribution in [2.24, 2.45) is 0 Å². The number of aromatic nitrogens is 1. The number of para-hydroxylation sites is 3. The van der Waals surface area contributed by atoms with Crippen LogP contribution in [0.2, 0.25) is 0 Å².